The Balaban J connectivity index is 2.51. The van der Waals surface area contributed by atoms with Crippen LogP contribution < -0.4 is 4.74 Å². The number of benzene rings is 1. The van der Waals surface area contributed by atoms with Crippen molar-refractivity contribution < 1.29 is 14.3 Å². The molecule has 5 nitrogen and oxygen atoms in total. The van der Waals surface area contributed by atoms with Gasteiger partial charge in [0.05, 0.1) is 18.2 Å². The number of H-pyrrole nitrogens is 1. The number of rotatable bonds is 3. The number of ether oxygens (including phenoxy) is 2. The Hall–Kier alpha value is -2.48. The van der Waals surface area contributed by atoms with Gasteiger partial charge in [0.15, 0.2) is 6.61 Å². The third-order valence-electron chi connectivity index (χ3n) is 2.38. The molecule has 0 aliphatic heterocycles. The number of hydrogen-bond acceptors (Lipinski definition) is 4. The van der Waals surface area contributed by atoms with E-state index >= 15 is 0 Å². The summed E-state index contributed by atoms with van der Waals surface area (Å²) in [7, 11) is 1.33. The van der Waals surface area contributed by atoms with Crippen molar-refractivity contribution in [2.75, 3.05) is 13.7 Å². The summed E-state index contributed by atoms with van der Waals surface area (Å²) >= 11 is 0. The lowest BCUT2D eigenvalue weighted by Crippen LogP contribution is -2.02. The molecule has 1 N–H and O–H groups in total. The zero-order chi connectivity index (χ0) is 12.3. The quantitative estimate of drug-likeness (QED) is 0.816. The first-order valence-corrected chi connectivity index (χ1v) is 4.96. The number of carbonyl (C=O) groups is 1. The summed E-state index contributed by atoms with van der Waals surface area (Å²) in [6.45, 7) is -0.0360. The molecule has 0 spiro atoms. The van der Waals surface area contributed by atoms with E-state index in [1.165, 1.54) is 7.11 Å². The predicted octanol–water partition coefficient (Wildman–Crippen LogP) is 1.86. The number of aromatic nitrogens is 1. The van der Waals surface area contributed by atoms with Crippen molar-refractivity contribution in [3.05, 3.63) is 30.0 Å². The topological polar surface area (TPSA) is 75.1 Å². The number of esters is 1. The molecule has 0 bridgehead atoms. The largest absolute Gasteiger partial charge is 0.477 e. The summed E-state index contributed by atoms with van der Waals surface area (Å²) in [6, 6.07) is 6.92. The van der Waals surface area contributed by atoms with Crippen LogP contribution in [0.4, 0.5) is 0 Å². The molecule has 0 saturated heterocycles. The fraction of sp³-hybridized carbons (Fsp3) is 0.167. The maximum atomic E-state index is 11.5. The lowest BCUT2D eigenvalue weighted by molar-refractivity contribution is 0.0603. The van der Waals surface area contributed by atoms with E-state index in [1.54, 1.807) is 24.4 Å². The van der Waals surface area contributed by atoms with Crippen LogP contribution >= 0.6 is 0 Å². The molecule has 1 heterocycles. The Morgan fingerprint density at radius 1 is 1.47 bits per heavy atom. The molecule has 0 amide bonds. The third-order valence-corrected chi connectivity index (χ3v) is 2.38. The van der Waals surface area contributed by atoms with Crippen LogP contribution in [-0.2, 0) is 4.74 Å². The molecule has 1 aromatic heterocycles. The van der Waals surface area contributed by atoms with Crippen LogP contribution in [0.25, 0.3) is 10.9 Å². The van der Waals surface area contributed by atoms with Crippen molar-refractivity contribution >= 4 is 16.9 Å². The van der Waals surface area contributed by atoms with E-state index in [-0.39, 0.29) is 6.61 Å². The van der Waals surface area contributed by atoms with Crippen LogP contribution in [0.5, 0.6) is 5.75 Å². The maximum Gasteiger partial charge on any atom is 0.338 e. The van der Waals surface area contributed by atoms with Gasteiger partial charge in [-0.3, -0.25) is 0 Å². The van der Waals surface area contributed by atoms with Gasteiger partial charge in [-0.25, -0.2) is 4.79 Å². The van der Waals surface area contributed by atoms with Gasteiger partial charge in [0.1, 0.15) is 11.8 Å². The summed E-state index contributed by atoms with van der Waals surface area (Å²) in [6.07, 6.45) is 1.70. The first-order chi connectivity index (χ1) is 8.27. The third kappa shape index (κ3) is 1.93. The highest BCUT2D eigenvalue weighted by atomic mass is 16.5. The van der Waals surface area contributed by atoms with Crippen LogP contribution in [-0.4, -0.2) is 24.7 Å². The van der Waals surface area contributed by atoms with Crippen molar-refractivity contribution in [1.82, 2.24) is 4.98 Å². The molecular weight excluding hydrogens is 220 g/mol. The van der Waals surface area contributed by atoms with Gasteiger partial charge in [-0.05, 0) is 18.2 Å². The van der Waals surface area contributed by atoms with E-state index in [1.807, 2.05) is 6.07 Å². The van der Waals surface area contributed by atoms with Crippen LogP contribution in [0.3, 0.4) is 0 Å². The summed E-state index contributed by atoms with van der Waals surface area (Å²) in [5, 5.41) is 9.19. The van der Waals surface area contributed by atoms with Gasteiger partial charge in [0.25, 0.3) is 0 Å². The summed E-state index contributed by atoms with van der Waals surface area (Å²) in [4.78, 5) is 14.5. The van der Waals surface area contributed by atoms with Crippen LogP contribution in [0.2, 0.25) is 0 Å². The van der Waals surface area contributed by atoms with Crippen molar-refractivity contribution in [2.24, 2.45) is 0 Å². The number of nitriles is 1. The lowest BCUT2D eigenvalue weighted by atomic mass is 10.1. The monoisotopic (exact) mass is 230 g/mol. The van der Waals surface area contributed by atoms with Crippen molar-refractivity contribution in [3.63, 3.8) is 0 Å². The zero-order valence-electron chi connectivity index (χ0n) is 9.19. The average Bonchev–Trinajstić information content (AvgIpc) is 2.84. The Bertz CT molecular complexity index is 595. The fourth-order valence-electron chi connectivity index (χ4n) is 1.65. The van der Waals surface area contributed by atoms with Crippen molar-refractivity contribution in [3.8, 4) is 11.8 Å². The molecule has 0 saturated carbocycles. The Kier molecular flexibility index (Phi) is 2.97. The Morgan fingerprint density at radius 2 is 2.29 bits per heavy atom. The molecule has 0 fully saturated rings. The molecule has 86 valence electrons. The molecule has 0 aliphatic rings. The minimum absolute atomic E-state index is 0.0360. The van der Waals surface area contributed by atoms with Crippen molar-refractivity contribution in [1.29, 1.82) is 5.26 Å². The molecule has 1 aromatic carbocycles. The molecule has 2 aromatic rings. The van der Waals surface area contributed by atoms with Crippen molar-refractivity contribution in [2.45, 2.75) is 0 Å². The van der Waals surface area contributed by atoms with Gasteiger partial charge in [-0.15, -0.1) is 0 Å². The normalized spacial score (nSPS) is 9.88. The van der Waals surface area contributed by atoms with Gasteiger partial charge >= 0.3 is 5.97 Å². The smallest absolute Gasteiger partial charge is 0.338 e. The second kappa shape index (κ2) is 4.58. The first kappa shape index (κ1) is 11.0. The first-order valence-electron chi connectivity index (χ1n) is 4.96. The molecular formula is C12H10N2O3. The van der Waals surface area contributed by atoms with Crippen LogP contribution in [0.15, 0.2) is 24.4 Å². The number of nitrogens with one attached hydrogen (secondary N) is 1. The second-order valence-corrected chi connectivity index (χ2v) is 3.32. The van der Waals surface area contributed by atoms with E-state index in [0.29, 0.717) is 22.2 Å². The second-order valence-electron chi connectivity index (χ2n) is 3.32. The summed E-state index contributed by atoms with van der Waals surface area (Å²) in [5.74, 6) is 0.139. The molecule has 0 atom stereocenters. The molecule has 17 heavy (non-hydrogen) atoms. The minimum Gasteiger partial charge on any atom is -0.477 e. The Morgan fingerprint density at radius 3 is 3.00 bits per heavy atom. The number of nitrogens with zero attached hydrogens (tertiary/aromatic N) is 1. The lowest BCUT2D eigenvalue weighted by Gasteiger charge is -2.06. The van der Waals surface area contributed by atoms with Gasteiger partial charge in [0, 0.05) is 11.6 Å². The molecule has 2 rings (SSSR count). The van der Waals surface area contributed by atoms with E-state index in [0.717, 1.165) is 0 Å². The van der Waals surface area contributed by atoms with E-state index < -0.39 is 5.97 Å². The minimum atomic E-state index is -0.401. The highest BCUT2D eigenvalue weighted by molar-refractivity contribution is 6.05. The summed E-state index contributed by atoms with van der Waals surface area (Å²) in [5.41, 5.74) is 1.15. The molecule has 5 heteroatoms. The number of methoxy groups -OCH3 is 1. The SMILES string of the molecule is COC(=O)c1ccc(OCC#N)c2[nH]ccc12. The van der Waals surface area contributed by atoms with E-state index in [9.17, 15) is 4.79 Å². The standard InChI is InChI=1S/C12H10N2O3/c1-16-12(15)9-2-3-10(17-7-5-13)11-8(9)4-6-14-11/h2-4,6,14H,7H2,1H3. The van der Waals surface area contributed by atoms with Gasteiger partial charge in [-0.2, -0.15) is 5.26 Å². The number of carbonyl (C=O) groups excluding carboxylic acids is 1. The fourth-order valence-corrected chi connectivity index (χ4v) is 1.65. The van der Waals surface area contributed by atoms with Gasteiger partial charge < -0.3 is 14.5 Å². The number of hydrogen-bond donors (Lipinski definition) is 1. The average molecular weight is 230 g/mol. The molecule has 0 unspecified atom stereocenters. The number of fused-ring (bicyclic) bond motifs is 1. The Labute approximate surface area is 97.6 Å². The van der Waals surface area contributed by atoms with Crippen LogP contribution in [0, 0.1) is 11.3 Å². The number of aromatic amines is 1. The van der Waals surface area contributed by atoms with E-state index in [2.05, 4.69) is 9.72 Å². The van der Waals surface area contributed by atoms with Crippen LogP contribution in [0.1, 0.15) is 10.4 Å². The summed E-state index contributed by atoms with van der Waals surface area (Å²) < 4.78 is 9.94. The van der Waals surface area contributed by atoms with Gasteiger partial charge in [-0.1, -0.05) is 0 Å². The van der Waals surface area contributed by atoms with E-state index in [4.69, 9.17) is 10.00 Å². The molecule has 0 aliphatic carbocycles. The highest BCUT2D eigenvalue weighted by Crippen LogP contribution is 2.27. The predicted molar refractivity (Wildman–Crippen MR) is 60.7 cm³/mol. The molecule has 0 radical (unpaired) electrons. The highest BCUT2D eigenvalue weighted by Gasteiger charge is 2.13. The zero-order valence-corrected chi connectivity index (χ0v) is 9.19. The maximum absolute atomic E-state index is 11.5. The van der Waals surface area contributed by atoms with Gasteiger partial charge in [0.2, 0.25) is 0 Å².